The molecule has 262 valence electrons. The number of halogens is 2. The van der Waals surface area contributed by atoms with Gasteiger partial charge in [0.25, 0.3) is 5.56 Å². The zero-order chi connectivity index (χ0) is 35.9. The zero-order valence-electron chi connectivity index (χ0n) is 27.9. The minimum absolute atomic E-state index is 0.114. The third-order valence-electron chi connectivity index (χ3n) is 7.52. The summed E-state index contributed by atoms with van der Waals surface area (Å²) < 4.78 is 49.3. The first-order chi connectivity index (χ1) is 24.1. The van der Waals surface area contributed by atoms with Crippen LogP contribution in [0.5, 0.6) is 23.0 Å². The van der Waals surface area contributed by atoms with Gasteiger partial charge in [0, 0.05) is 10.0 Å². The molecule has 5 rings (SSSR count). The molecule has 1 aromatic heterocycles. The molecule has 50 heavy (non-hydrogen) atoms. The molecule has 0 unspecified atom stereocenters. The lowest BCUT2D eigenvalue weighted by molar-refractivity contribution is -0.143. The second kappa shape index (κ2) is 16.2. The van der Waals surface area contributed by atoms with E-state index >= 15 is 0 Å². The van der Waals surface area contributed by atoms with Gasteiger partial charge in [-0.3, -0.25) is 9.36 Å². The van der Waals surface area contributed by atoms with Crippen molar-refractivity contribution >= 4 is 45.3 Å². The van der Waals surface area contributed by atoms with Gasteiger partial charge in [-0.2, -0.15) is 0 Å². The van der Waals surface area contributed by atoms with E-state index in [-0.39, 0.29) is 43.6 Å². The maximum Gasteiger partial charge on any atom is 0.343 e. The van der Waals surface area contributed by atoms with Crippen LogP contribution < -0.4 is 33.8 Å². The van der Waals surface area contributed by atoms with Gasteiger partial charge in [-0.15, -0.1) is 0 Å². The molecule has 0 N–H and O–H groups in total. The van der Waals surface area contributed by atoms with E-state index in [1.807, 2.05) is 0 Å². The van der Waals surface area contributed by atoms with Crippen LogP contribution in [-0.4, -0.2) is 50.5 Å². The van der Waals surface area contributed by atoms with Crippen molar-refractivity contribution in [2.45, 2.75) is 33.4 Å². The summed E-state index contributed by atoms with van der Waals surface area (Å²) in [5.41, 5.74) is 1.95. The lowest BCUT2D eigenvalue weighted by atomic mass is 9.95. The Kier molecular flexibility index (Phi) is 11.8. The first kappa shape index (κ1) is 36.3. The van der Waals surface area contributed by atoms with Crippen molar-refractivity contribution in [2.75, 3.05) is 34.0 Å². The number of carbonyl (C=O) groups is 2. The lowest BCUT2D eigenvalue weighted by Gasteiger charge is -2.25. The number of allylic oxidation sites excluding steroid dienone is 1. The maximum atomic E-state index is 14.4. The molecule has 1 atom stereocenters. The number of rotatable bonds is 13. The fraction of sp³-hybridized carbons (Fsp3) is 0.278. The highest BCUT2D eigenvalue weighted by Gasteiger charge is 2.34. The molecule has 2 heterocycles. The Hall–Kier alpha value is -4.95. The molecular weight excluding hydrogens is 735 g/mol. The van der Waals surface area contributed by atoms with Crippen LogP contribution in [0.1, 0.15) is 43.5 Å². The van der Waals surface area contributed by atoms with Crippen LogP contribution in [0.3, 0.4) is 0 Å². The van der Waals surface area contributed by atoms with Crippen LogP contribution in [0, 0.1) is 5.82 Å². The zero-order valence-corrected chi connectivity index (χ0v) is 30.3. The predicted molar refractivity (Wildman–Crippen MR) is 187 cm³/mol. The molecule has 1 aliphatic heterocycles. The summed E-state index contributed by atoms with van der Waals surface area (Å²) in [7, 11) is 2.76. The van der Waals surface area contributed by atoms with Crippen LogP contribution >= 0.6 is 27.3 Å². The van der Waals surface area contributed by atoms with Gasteiger partial charge in [0.1, 0.15) is 12.4 Å². The summed E-state index contributed by atoms with van der Waals surface area (Å²) >= 11 is 4.66. The number of nitrogens with zero attached hydrogens (tertiary/aromatic N) is 2. The van der Waals surface area contributed by atoms with Gasteiger partial charge in [-0.05, 0) is 74.4 Å². The fourth-order valence-corrected chi connectivity index (χ4v) is 6.76. The van der Waals surface area contributed by atoms with Crippen molar-refractivity contribution in [3.05, 3.63) is 113 Å². The summed E-state index contributed by atoms with van der Waals surface area (Å²) in [6, 6.07) is 13.5. The molecule has 3 aromatic carbocycles. The van der Waals surface area contributed by atoms with Gasteiger partial charge in [0.15, 0.2) is 34.4 Å². The third-order valence-corrected chi connectivity index (χ3v) is 8.97. The van der Waals surface area contributed by atoms with Gasteiger partial charge in [0.05, 0.1) is 49.3 Å². The molecule has 0 amide bonds. The largest absolute Gasteiger partial charge is 0.493 e. The van der Waals surface area contributed by atoms with Crippen LogP contribution in [-0.2, 0) is 25.7 Å². The van der Waals surface area contributed by atoms with Crippen molar-refractivity contribution in [1.82, 2.24) is 4.57 Å². The van der Waals surface area contributed by atoms with Crippen molar-refractivity contribution in [1.29, 1.82) is 0 Å². The van der Waals surface area contributed by atoms with E-state index in [1.165, 1.54) is 30.9 Å². The van der Waals surface area contributed by atoms with Crippen molar-refractivity contribution < 1.29 is 42.4 Å². The Morgan fingerprint density at radius 3 is 2.42 bits per heavy atom. The predicted octanol–water partition coefficient (Wildman–Crippen LogP) is 5.24. The normalized spacial score (nSPS) is 14.1. The SMILES string of the molecule is CCOC(=O)C1=C(C)N=c2s/c(=C/c3cc(Br)cc(OC)c3OCc3ccc(F)cc3)c(=O)n2[C@H]1c1ccc(OCC(=O)OC)c(OCC)c1. The summed E-state index contributed by atoms with van der Waals surface area (Å²) in [6.07, 6.45) is 1.67. The number of hydrogen-bond acceptors (Lipinski definition) is 11. The molecule has 4 aromatic rings. The topological polar surface area (TPSA) is 124 Å². The molecule has 1 aliphatic rings. The fourth-order valence-electron chi connectivity index (χ4n) is 5.26. The number of methoxy groups -OCH3 is 2. The number of esters is 2. The first-order valence-electron chi connectivity index (χ1n) is 15.5. The smallest absolute Gasteiger partial charge is 0.343 e. The quantitative estimate of drug-likeness (QED) is 0.168. The minimum Gasteiger partial charge on any atom is -0.493 e. The summed E-state index contributed by atoms with van der Waals surface area (Å²) in [5, 5.41) is 0. The second-order valence-corrected chi connectivity index (χ2v) is 12.7. The number of benzene rings is 3. The number of thiazole rings is 1. The lowest BCUT2D eigenvalue weighted by Crippen LogP contribution is -2.40. The van der Waals surface area contributed by atoms with E-state index < -0.39 is 23.5 Å². The third kappa shape index (κ3) is 7.92. The Bertz CT molecular complexity index is 2130. The van der Waals surface area contributed by atoms with E-state index in [2.05, 4.69) is 25.7 Å². The molecule has 0 radical (unpaired) electrons. The van der Waals surface area contributed by atoms with Crippen LogP contribution in [0.15, 0.2) is 80.1 Å². The van der Waals surface area contributed by atoms with Crippen molar-refractivity contribution in [3.8, 4) is 23.0 Å². The number of aromatic nitrogens is 1. The highest BCUT2D eigenvalue weighted by molar-refractivity contribution is 9.10. The van der Waals surface area contributed by atoms with Crippen molar-refractivity contribution in [3.63, 3.8) is 0 Å². The molecule has 0 saturated heterocycles. The molecule has 0 bridgehead atoms. The Morgan fingerprint density at radius 2 is 1.74 bits per heavy atom. The molecule has 0 saturated carbocycles. The van der Waals surface area contributed by atoms with Crippen LogP contribution in [0.2, 0.25) is 0 Å². The standard InChI is InChI=1S/C36H34BrFN2O9S/c1-6-46-27-15-22(10-13-26(27)48-19-30(41)45-5)32-31(35(43)47-7-2)20(3)39-36-40(32)34(42)29(50-36)16-23-14-24(37)17-28(44-4)33(23)49-18-21-8-11-25(38)12-9-21/h8-17,32H,6-7,18-19H2,1-5H3/b29-16+/t32-/m0/s1. The van der Waals surface area contributed by atoms with Crippen molar-refractivity contribution in [2.24, 2.45) is 4.99 Å². The van der Waals surface area contributed by atoms with Gasteiger partial charge in [0.2, 0.25) is 0 Å². The molecule has 0 aliphatic carbocycles. The number of hydrogen-bond donors (Lipinski definition) is 0. The highest BCUT2D eigenvalue weighted by Crippen LogP contribution is 2.38. The minimum atomic E-state index is -0.937. The maximum absolute atomic E-state index is 14.4. The number of ether oxygens (including phenoxy) is 6. The highest BCUT2D eigenvalue weighted by atomic mass is 79.9. The summed E-state index contributed by atoms with van der Waals surface area (Å²) in [4.78, 5) is 44.6. The van der Waals surface area contributed by atoms with Gasteiger partial charge < -0.3 is 28.4 Å². The molecule has 0 fully saturated rings. The Balaban J connectivity index is 1.65. The molecule has 0 spiro atoms. The Labute approximate surface area is 299 Å². The second-order valence-electron chi connectivity index (χ2n) is 10.7. The first-order valence-corrected chi connectivity index (χ1v) is 17.1. The summed E-state index contributed by atoms with van der Waals surface area (Å²) in [6.45, 7) is 5.35. The van der Waals surface area contributed by atoms with Gasteiger partial charge in [-0.1, -0.05) is 45.5 Å². The number of fused-ring (bicyclic) bond motifs is 1. The van der Waals surface area contributed by atoms with Crippen LogP contribution in [0.4, 0.5) is 4.39 Å². The average molecular weight is 770 g/mol. The molecule has 11 nitrogen and oxygen atoms in total. The van der Waals surface area contributed by atoms with Gasteiger partial charge in [-0.25, -0.2) is 19.0 Å². The van der Waals surface area contributed by atoms with E-state index in [9.17, 15) is 18.8 Å². The van der Waals surface area contributed by atoms with Crippen LogP contribution in [0.25, 0.3) is 6.08 Å². The molecular formula is C36H34BrFN2O9S. The monoisotopic (exact) mass is 768 g/mol. The average Bonchev–Trinajstić information content (AvgIpc) is 3.40. The van der Waals surface area contributed by atoms with E-state index in [1.54, 1.807) is 69.3 Å². The number of carbonyl (C=O) groups excluding carboxylic acids is 2. The summed E-state index contributed by atoms with van der Waals surface area (Å²) in [5.74, 6) is -0.181. The molecule has 14 heteroatoms. The van der Waals surface area contributed by atoms with E-state index in [0.717, 1.165) is 16.9 Å². The van der Waals surface area contributed by atoms with E-state index in [0.29, 0.717) is 47.9 Å². The Morgan fingerprint density at radius 1 is 0.980 bits per heavy atom. The van der Waals surface area contributed by atoms with E-state index in [4.69, 9.17) is 23.7 Å². The van der Waals surface area contributed by atoms with Gasteiger partial charge >= 0.3 is 11.9 Å².